The smallest absolute Gasteiger partial charge is 0.269 e. The van der Waals surface area contributed by atoms with Gasteiger partial charge in [0.05, 0.1) is 11.6 Å². The molecule has 9 nitrogen and oxygen atoms in total. The molecule has 0 saturated carbocycles. The maximum absolute atomic E-state index is 12.9. The van der Waals surface area contributed by atoms with Crippen LogP contribution in [0.3, 0.4) is 0 Å². The molecule has 0 bridgehead atoms. The fraction of sp³-hybridized carbons (Fsp3) is 0.286. The lowest BCUT2D eigenvalue weighted by molar-refractivity contribution is -0.120. The predicted octanol–water partition coefficient (Wildman–Crippen LogP) is 2.38. The number of thiophene rings is 1. The molecule has 1 unspecified atom stereocenters. The molecule has 3 aromatic rings. The molecule has 3 heterocycles. The first kappa shape index (κ1) is 22.2. The molecular weight excluding hydrogens is 450 g/mol. The van der Waals surface area contributed by atoms with Crippen LogP contribution in [0.5, 0.6) is 0 Å². The monoisotopic (exact) mass is 473 g/mol. The summed E-state index contributed by atoms with van der Waals surface area (Å²) in [5.74, 6) is -1.25. The van der Waals surface area contributed by atoms with Crippen LogP contribution in [0.15, 0.2) is 52.9 Å². The molecule has 32 heavy (non-hydrogen) atoms. The summed E-state index contributed by atoms with van der Waals surface area (Å²) in [5.41, 5.74) is 6.68. The average Bonchev–Trinajstić information content (AvgIpc) is 3.44. The maximum Gasteiger partial charge on any atom is 0.269 e. The van der Waals surface area contributed by atoms with Gasteiger partial charge >= 0.3 is 0 Å². The highest BCUT2D eigenvalue weighted by atomic mass is 32.2. The number of anilines is 1. The van der Waals surface area contributed by atoms with Crippen molar-refractivity contribution in [2.75, 3.05) is 18.4 Å². The second-order valence-corrected chi connectivity index (χ2v) is 11.1. The third-order valence-corrected chi connectivity index (χ3v) is 8.64. The Kier molecular flexibility index (Phi) is 6.13. The van der Waals surface area contributed by atoms with Crippen molar-refractivity contribution >= 4 is 38.9 Å². The Bertz CT molecular complexity index is 1250. The van der Waals surface area contributed by atoms with E-state index in [1.807, 2.05) is 6.92 Å². The van der Waals surface area contributed by atoms with Gasteiger partial charge in [-0.05, 0) is 62.2 Å². The number of amides is 2. The lowest BCUT2D eigenvalue weighted by Crippen LogP contribution is -2.43. The van der Waals surface area contributed by atoms with Gasteiger partial charge in [0.2, 0.25) is 5.91 Å². The highest BCUT2D eigenvalue weighted by molar-refractivity contribution is 7.91. The number of nitrogens with two attached hydrogens (primary N) is 1. The molecule has 1 fully saturated rings. The fourth-order valence-corrected chi connectivity index (χ4v) is 6.56. The van der Waals surface area contributed by atoms with Gasteiger partial charge in [-0.25, -0.2) is 13.1 Å². The van der Waals surface area contributed by atoms with Gasteiger partial charge in [-0.2, -0.15) is 9.40 Å². The first-order valence-corrected chi connectivity index (χ1v) is 12.3. The zero-order chi connectivity index (χ0) is 22.9. The molecule has 2 amide bonds. The molecule has 168 valence electrons. The summed E-state index contributed by atoms with van der Waals surface area (Å²) in [4.78, 5) is 24.9. The number of rotatable bonds is 6. The standard InChI is InChI=1S/C21H23N5O4S2/c1-14-4-9-19(31-14)32(29,30)25-11-2-3-15(13-25)21(28)23-16-5-7-17(8-6-16)26-12-10-18(24-26)20(22)27/h4-10,12,15H,2-3,11,13H2,1H3,(H2,22,27)(H,23,28). The minimum absolute atomic E-state index is 0.159. The van der Waals surface area contributed by atoms with E-state index >= 15 is 0 Å². The SMILES string of the molecule is Cc1ccc(S(=O)(=O)N2CCCC(C(=O)Nc3ccc(-n4ccc(C(N)=O)n4)cc3)C2)s1. The quantitative estimate of drug-likeness (QED) is 0.568. The van der Waals surface area contributed by atoms with E-state index in [1.165, 1.54) is 26.4 Å². The topological polar surface area (TPSA) is 127 Å². The van der Waals surface area contributed by atoms with Crippen LogP contribution in [0.2, 0.25) is 0 Å². The molecular formula is C21H23N5O4S2. The van der Waals surface area contributed by atoms with E-state index in [0.29, 0.717) is 35.0 Å². The van der Waals surface area contributed by atoms with E-state index in [2.05, 4.69) is 10.4 Å². The number of hydrogen-bond donors (Lipinski definition) is 2. The van der Waals surface area contributed by atoms with Crippen molar-refractivity contribution in [3.8, 4) is 5.69 Å². The second kappa shape index (κ2) is 8.85. The Morgan fingerprint density at radius 1 is 1.16 bits per heavy atom. The number of benzene rings is 1. The predicted molar refractivity (Wildman–Crippen MR) is 121 cm³/mol. The molecule has 0 spiro atoms. The molecule has 1 aliphatic heterocycles. The number of carbonyl (C=O) groups excluding carboxylic acids is 2. The number of nitrogens with zero attached hydrogens (tertiary/aromatic N) is 3. The number of nitrogens with one attached hydrogen (secondary N) is 1. The molecule has 2 aromatic heterocycles. The van der Waals surface area contributed by atoms with Crippen molar-refractivity contribution < 1.29 is 18.0 Å². The lowest BCUT2D eigenvalue weighted by atomic mass is 9.98. The van der Waals surface area contributed by atoms with Crippen LogP contribution in [0.1, 0.15) is 28.2 Å². The van der Waals surface area contributed by atoms with E-state index in [0.717, 1.165) is 4.88 Å². The number of carbonyl (C=O) groups is 2. The Hall–Kier alpha value is -3.02. The second-order valence-electron chi connectivity index (χ2n) is 7.61. The van der Waals surface area contributed by atoms with Gasteiger partial charge in [-0.3, -0.25) is 9.59 Å². The Morgan fingerprint density at radius 3 is 2.53 bits per heavy atom. The third-order valence-electron chi connectivity index (χ3n) is 5.31. The van der Waals surface area contributed by atoms with Gasteiger partial charge in [0.25, 0.3) is 15.9 Å². The molecule has 1 atom stereocenters. The molecule has 0 radical (unpaired) electrons. The molecule has 1 aliphatic rings. The van der Waals surface area contributed by atoms with Gasteiger partial charge in [0, 0.05) is 29.9 Å². The Balaban J connectivity index is 1.41. The van der Waals surface area contributed by atoms with E-state index in [9.17, 15) is 18.0 Å². The Labute approximate surface area is 189 Å². The third kappa shape index (κ3) is 4.59. The number of hydrogen-bond acceptors (Lipinski definition) is 6. The van der Waals surface area contributed by atoms with Gasteiger partial charge in [0.1, 0.15) is 9.90 Å². The van der Waals surface area contributed by atoms with Crippen LogP contribution < -0.4 is 11.1 Å². The van der Waals surface area contributed by atoms with Crippen molar-refractivity contribution in [1.29, 1.82) is 0 Å². The van der Waals surface area contributed by atoms with Crippen molar-refractivity contribution in [3.05, 3.63) is 59.2 Å². The molecule has 4 rings (SSSR count). The Morgan fingerprint density at radius 2 is 1.91 bits per heavy atom. The van der Waals surface area contributed by atoms with Gasteiger partial charge < -0.3 is 11.1 Å². The fourth-order valence-electron chi connectivity index (χ4n) is 3.59. The zero-order valence-corrected chi connectivity index (χ0v) is 19.0. The van der Waals surface area contributed by atoms with Gasteiger partial charge in [0.15, 0.2) is 0 Å². The van der Waals surface area contributed by atoms with Crippen molar-refractivity contribution in [2.45, 2.75) is 24.0 Å². The van der Waals surface area contributed by atoms with Crippen molar-refractivity contribution in [2.24, 2.45) is 11.7 Å². The number of aromatic nitrogens is 2. The van der Waals surface area contributed by atoms with E-state index < -0.39 is 21.8 Å². The first-order valence-electron chi connectivity index (χ1n) is 10.1. The van der Waals surface area contributed by atoms with Gasteiger partial charge in [-0.1, -0.05) is 0 Å². The maximum atomic E-state index is 12.9. The molecule has 0 aliphatic carbocycles. The van der Waals surface area contributed by atoms with Crippen molar-refractivity contribution in [1.82, 2.24) is 14.1 Å². The van der Waals surface area contributed by atoms with Crippen LogP contribution in [0.4, 0.5) is 5.69 Å². The average molecular weight is 474 g/mol. The summed E-state index contributed by atoms with van der Waals surface area (Å²) in [5, 5.41) is 6.96. The van der Waals surface area contributed by atoms with Crippen LogP contribution in [0.25, 0.3) is 5.69 Å². The van der Waals surface area contributed by atoms with Crippen LogP contribution in [-0.4, -0.2) is 47.4 Å². The first-order chi connectivity index (χ1) is 15.2. The van der Waals surface area contributed by atoms with E-state index in [-0.39, 0.29) is 18.1 Å². The highest BCUT2D eigenvalue weighted by Crippen LogP contribution is 2.28. The van der Waals surface area contributed by atoms with Crippen molar-refractivity contribution in [3.63, 3.8) is 0 Å². The number of sulfonamides is 1. The number of aryl methyl sites for hydroxylation is 1. The summed E-state index contributed by atoms with van der Waals surface area (Å²) in [7, 11) is -3.59. The normalized spacial score (nSPS) is 17.2. The largest absolute Gasteiger partial charge is 0.364 e. The minimum Gasteiger partial charge on any atom is -0.364 e. The van der Waals surface area contributed by atoms with Crippen LogP contribution >= 0.6 is 11.3 Å². The highest BCUT2D eigenvalue weighted by Gasteiger charge is 2.34. The summed E-state index contributed by atoms with van der Waals surface area (Å²) in [6.45, 7) is 2.44. The number of piperidine rings is 1. The molecule has 1 saturated heterocycles. The van der Waals surface area contributed by atoms with E-state index in [4.69, 9.17) is 5.73 Å². The summed E-state index contributed by atoms with van der Waals surface area (Å²) in [6.07, 6.45) is 2.88. The van der Waals surface area contributed by atoms with Crippen LogP contribution in [-0.2, 0) is 14.8 Å². The summed E-state index contributed by atoms with van der Waals surface area (Å²) in [6, 6.07) is 11.9. The minimum atomic E-state index is -3.59. The van der Waals surface area contributed by atoms with Crippen LogP contribution in [0, 0.1) is 12.8 Å². The van der Waals surface area contributed by atoms with Gasteiger partial charge in [-0.15, -0.1) is 11.3 Å². The summed E-state index contributed by atoms with van der Waals surface area (Å²) < 4.78 is 29.1. The van der Waals surface area contributed by atoms with E-state index in [1.54, 1.807) is 42.6 Å². The molecule has 11 heteroatoms. The lowest BCUT2D eigenvalue weighted by Gasteiger charge is -2.30. The molecule has 1 aromatic carbocycles. The summed E-state index contributed by atoms with van der Waals surface area (Å²) >= 11 is 1.24. The zero-order valence-electron chi connectivity index (χ0n) is 17.4. The number of primary amides is 1. The molecule has 3 N–H and O–H groups in total.